The maximum atomic E-state index is 13.1. The molecule has 0 radical (unpaired) electrons. The highest BCUT2D eigenvalue weighted by atomic mass is 35.5. The molecule has 7 nitrogen and oxygen atoms in total. The first-order chi connectivity index (χ1) is 16.8. The highest BCUT2D eigenvalue weighted by molar-refractivity contribution is 6.30. The highest BCUT2D eigenvalue weighted by Gasteiger charge is 2.45. The third-order valence-electron chi connectivity index (χ3n) is 7.62. The van der Waals surface area contributed by atoms with Crippen molar-refractivity contribution in [3.8, 4) is 5.75 Å². The Kier molecular flexibility index (Phi) is 6.64. The lowest BCUT2D eigenvalue weighted by molar-refractivity contribution is -0.133. The zero-order valence-electron chi connectivity index (χ0n) is 20.3. The lowest BCUT2D eigenvalue weighted by Crippen LogP contribution is -2.51. The maximum Gasteiger partial charge on any atom is 0.237 e. The number of benzene rings is 2. The molecule has 2 amide bonds. The molecule has 8 heteroatoms. The largest absolute Gasteiger partial charge is 0.508 e. The summed E-state index contributed by atoms with van der Waals surface area (Å²) in [7, 11) is 0. The topological polar surface area (TPSA) is 76.1 Å². The molecule has 3 aliphatic heterocycles. The number of phenols is 1. The third-order valence-corrected chi connectivity index (χ3v) is 7.85. The minimum Gasteiger partial charge on any atom is -0.508 e. The van der Waals surface area contributed by atoms with E-state index in [9.17, 15) is 14.7 Å². The number of nitrogens with zero attached hydrogens (tertiary/aromatic N) is 3. The number of likely N-dealkylation sites (tertiary alicyclic amines) is 2. The van der Waals surface area contributed by atoms with Crippen LogP contribution in [0.1, 0.15) is 38.2 Å². The number of phenolic OH excluding ortho intramolecular Hbond substituents is 1. The third kappa shape index (κ3) is 4.98. The van der Waals surface area contributed by atoms with Crippen molar-refractivity contribution in [2.24, 2.45) is 5.92 Å². The predicted octanol–water partition coefficient (Wildman–Crippen LogP) is 3.92. The fraction of sp³-hybridized carbons (Fsp3) is 0.481. The van der Waals surface area contributed by atoms with Crippen LogP contribution in [0.15, 0.2) is 42.5 Å². The number of halogens is 1. The molecule has 0 spiro atoms. The number of anilines is 2. The molecular weight excluding hydrogens is 464 g/mol. The van der Waals surface area contributed by atoms with Crippen LogP contribution < -0.4 is 10.2 Å². The number of fused-ring (bicyclic) bond motifs is 2. The van der Waals surface area contributed by atoms with Gasteiger partial charge in [0.1, 0.15) is 5.75 Å². The fourth-order valence-corrected chi connectivity index (χ4v) is 5.94. The van der Waals surface area contributed by atoms with Gasteiger partial charge in [-0.2, -0.15) is 0 Å². The normalized spacial score (nSPS) is 23.9. The monoisotopic (exact) mass is 496 g/mol. The molecule has 3 atom stereocenters. The summed E-state index contributed by atoms with van der Waals surface area (Å²) in [5.41, 5.74) is 2.64. The highest BCUT2D eigenvalue weighted by Crippen LogP contribution is 2.36. The van der Waals surface area contributed by atoms with Gasteiger partial charge in [0.25, 0.3) is 0 Å². The summed E-state index contributed by atoms with van der Waals surface area (Å²) in [6.07, 6.45) is 1.73. The molecule has 3 saturated heterocycles. The molecule has 3 heterocycles. The van der Waals surface area contributed by atoms with Crippen molar-refractivity contribution >= 4 is 34.8 Å². The number of hydrogen-bond donors (Lipinski definition) is 2. The first kappa shape index (κ1) is 23.9. The number of nitrogens with one attached hydrogen (secondary N) is 1. The number of hydrogen-bond acceptors (Lipinski definition) is 5. The van der Waals surface area contributed by atoms with Crippen LogP contribution >= 0.6 is 11.6 Å². The summed E-state index contributed by atoms with van der Waals surface area (Å²) in [5, 5.41) is 13.7. The van der Waals surface area contributed by atoms with E-state index in [1.807, 2.05) is 43.0 Å². The second kappa shape index (κ2) is 9.70. The predicted molar refractivity (Wildman–Crippen MR) is 138 cm³/mol. The quantitative estimate of drug-likeness (QED) is 0.593. The standard InChI is InChI=1S/C27H33ClN4O3/c1-17(2)24-11-20(6-7-25(24)33)29-27(35)18-8-9-30(13-18)16-26(34)32-15-22-12-23(32)14-31(22)21-5-3-4-19(28)10-21/h3-7,10-11,17-18,22-23,33H,8-9,12-16H2,1-2H3,(H,29,35)/t18-,22-,23-/m1/s1. The Bertz CT molecular complexity index is 1120. The van der Waals surface area contributed by atoms with E-state index >= 15 is 0 Å². The SMILES string of the molecule is CC(C)c1cc(NC(=O)[C@@H]2CCN(CC(=O)N3C[C@H]4C[C@@H]3CN4c3cccc(Cl)c3)C2)ccc1O. The molecule has 0 aromatic heterocycles. The average molecular weight is 497 g/mol. The Morgan fingerprint density at radius 1 is 1.11 bits per heavy atom. The molecular formula is C27H33ClN4O3. The van der Waals surface area contributed by atoms with E-state index in [0.717, 1.165) is 48.7 Å². The van der Waals surface area contributed by atoms with Crippen molar-refractivity contribution < 1.29 is 14.7 Å². The van der Waals surface area contributed by atoms with Gasteiger partial charge in [-0.15, -0.1) is 0 Å². The van der Waals surface area contributed by atoms with E-state index in [2.05, 4.69) is 21.2 Å². The summed E-state index contributed by atoms with van der Waals surface area (Å²) in [5.74, 6) is 0.391. The van der Waals surface area contributed by atoms with Crippen molar-refractivity contribution in [3.63, 3.8) is 0 Å². The molecule has 0 saturated carbocycles. The molecule has 2 aromatic rings. The van der Waals surface area contributed by atoms with E-state index in [1.165, 1.54) is 0 Å². The number of aromatic hydroxyl groups is 1. The Morgan fingerprint density at radius 2 is 1.94 bits per heavy atom. The lowest BCUT2D eigenvalue weighted by Gasteiger charge is -2.36. The van der Waals surface area contributed by atoms with E-state index in [-0.39, 0.29) is 35.4 Å². The molecule has 0 aliphatic carbocycles. The number of piperazine rings is 1. The minimum absolute atomic E-state index is 0.0299. The van der Waals surface area contributed by atoms with Gasteiger partial charge in [0.15, 0.2) is 0 Å². The fourth-order valence-electron chi connectivity index (χ4n) is 5.75. The van der Waals surface area contributed by atoms with Crippen LogP contribution in [-0.2, 0) is 9.59 Å². The van der Waals surface area contributed by atoms with Crippen molar-refractivity contribution in [1.29, 1.82) is 0 Å². The van der Waals surface area contributed by atoms with Gasteiger partial charge in [0.2, 0.25) is 11.8 Å². The summed E-state index contributed by atoms with van der Waals surface area (Å²) in [4.78, 5) is 32.5. The molecule has 35 heavy (non-hydrogen) atoms. The summed E-state index contributed by atoms with van der Waals surface area (Å²) in [6, 6.07) is 13.7. The van der Waals surface area contributed by atoms with Crippen molar-refractivity contribution in [2.75, 3.05) is 42.9 Å². The van der Waals surface area contributed by atoms with Crippen LogP contribution in [0.4, 0.5) is 11.4 Å². The Hall–Kier alpha value is -2.77. The van der Waals surface area contributed by atoms with E-state index in [4.69, 9.17) is 11.6 Å². The van der Waals surface area contributed by atoms with Gasteiger partial charge < -0.3 is 20.2 Å². The van der Waals surface area contributed by atoms with Crippen LogP contribution in [0, 0.1) is 5.92 Å². The summed E-state index contributed by atoms with van der Waals surface area (Å²) in [6.45, 7) is 7.29. The average Bonchev–Trinajstić information content (AvgIpc) is 3.56. The van der Waals surface area contributed by atoms with E-state index in [1.54, 1.807) is 12.1 Å². The number of rotatable bonds is 6. The van der Waals surface area contributed by atoms with Gasteiger partial charge in [0, 0.05) is 42.1 Å². The van der Waals surface area contributed by atoms with Gasteiger partial charge >= 0.3 is 0 Å². The lowest BCUT2D eigenvalue weighted by atomic mass is 10.0. The Morgan fingerprint density at radius 3 is 2.66 bits per heavy atom. The van der Waals surface area contributed by atoms with Crippen LogP contribution in [0.3, 0.4) is 0 Å². The summed E-state index contributed by atoms with van der Waals surface area (Å²) < 4.78 is 0. The molecule has 3 aliphatic rings. The molecule has 2 N–H and O–H groups in total. The molecule has 0 unspecified atom stereocenters. The first-order valence-corrected chi connectivity index (χ1v) is 12.8. The second-order valence-corrected chi connectivity index (χ2v) is 10.8. The molecule has 5 rings (SSSR count). The first-order valence-electron chi connectivity index (χ1n) is 12.5. The number of carbonyl (C=O) groups excluding carboxylic acids is 2. The van der Waals surface area contributed by atoms with Gasteiger partial charge in [-0.1, -0.05) is 31.5 Å². The molecule has 2 bridgehead atoms. The maximum absolute atomic E-state index is 13.1. The zero-order valence-corrected chi connectivity index (χ0v) is 21.0. The van der Waals surface area contributed by atoms with E-state index in [0.29, 0.717) is 24.8 Å². The van der Waals surface area contributed by atoms with Gasteiger partial charge in [-0.25, -0.2) is 0 Å². The van der Waals surface area contributed by atoms with Gasteiger partial charge in [0.05, 0.1) is 18.5 Å². The van der Waals surface area contributed by atoms with E-state index < -0.39 is 0 Å². The van der Waals surface area contributed by atoms with Gasteiger partial charge in [-0.3, -0.25) is 14.5 Å². The van der Waals surface area contributed by atoms with Crippen LogP contribution in [0.2, 0.25) is 5.02 Å². The van der Waals surface area contributed by atoms with Crippen molar-refractivity contribution in [3.05, 3.63) is 53.1 Å². The van der Waals surface area contributed by atoms with Crippen LogP contribution in [0.5, 0.6) is 5.75 Å². The van der Waals surface area contributed by atoms with Crippen molar-refractivity contribution in [1.82, 2.24) is 9.80 Å². The second-order valence-electron chi connectivity index (χ2n) is 10.4. The van der Waals surface area contributed by atoms with Crippen LogP contribution in [0.25, 0.3) is 0 Å². The molecule has 186 valence electrons. The smallest absolute Gasteiger partial charge is 0.237 e. The summed E-state index contributed by atoms with van der Waals surface area (Å²) >= 11 is 6.17. The van der Waals surface area contributed by atoms with Crippen LogP contribution in [-0.4, -0.2) is 71.5 Å². The minimum atomic E-state index is -0.146. The Balaban J connectivity index is 1.12. The Labute approximate surface area is 211 Å². The number of amides is 2. The number of carbonyl (C=O) groups is 2. The molecule has 3 fully saturated rings. The molecule has 2 aromatic carbocycles. The van der Waals surface area contributed by atoms with Gasteiger partial charge in [-0.05, 0) is 67.3 Å². The zero-order chi connectivity index (χ0) is 24.7. The van der Waals surface area contributed by atoms with Crippen molar-refractivity contribution in [2.45, 2.75) is 44.7 Å².